The lowest BCUT2D eigenvalue weighted by atomic mass is 9.92. The molecule has 1 atom stereocenters. The van der Waals surface area contributed by atoms with E-state index >= 15 is 0 Å². The van der Waals surface area contributed by atoms with Gasteiger partial charge >= 0.3 is 0 Å². The molecule has 4 nitrogen and oxygen atoms in total. The normalized spacial score (nSPS) is 15.8. The molecule has 3 aromatic rings. The first-order valence-electron chi connectivity index (χ1n) is 11.1. The highest BCUT2D eigenvalue weighted by atomic mass is 16.5. The van der Waals surface area contributed by atoms with Crippen LogP contribution in [0.5, 0.6) is 5.75 Å². The van der Waals surface area contributed by atoms with E-state index in [-0.39, 0.29) is 11.9 Å². The van der Waals surface area contributed by atoms with E-state index in [9.17, 15) is 4.79 Å². The van der Waals surface area contributed by atoms with Crippen molar-refractivity contribution in [2.75, 3.05) is 19.7 Å². The van der Waals surface area contributed by atoms with Crippen molar-refractivity contribution < 1.29 is 9.53 Å². The van der Waals surface area contributed by atoms with Crippen molar-refractivity contribution in [1.82, 2.24) is 10.2 Å². The molecule has 0 aliphatic carbocycles. The molecule has 1 amide bonds. The van der Waals surface area contributed by atoms with Gasteiger partial charge in [0.1, 0.15) is 18.4 Å². The average molecular weight is 415 g/mol. The molecule has 3 aromatic carbocycles. The third kappa shape index (κ3) is 5.33. The predicted molar refractivity (Wildman–Crippen MR) is 124 cm³/mol. The number of benzene rings is 3. The average Bonchev–Trinajstić information content (AvgIpc) is 2.83. The van der Waals surface area contributed by atoms with Crippen LogP contribution in [0.3, 0.4) is 0 Å². The lowest BCUT2D eigenvalue weighted by Crippen LogP contribution is -2.45. The van der Waals surface area contributed by atoms with Crippen LogP contribution in [0.2, 0.25) is 0 Å². The number of rotatable bonds is 8. The number of ether oxygens (including phenoxy) is 1. The number of nitrogens with zero attached hydrogens (tertiary/aromatic N) is 1. The van der Waals surface area contributed by atoms with Gasteiger partial charge in [0, 0.05) is 19.6 Å². The summed E-state index contributed by atoms with van der Waals surface area (Å²) in [6.07, 6.45) is 1.97. The van der Waals surface area contributed by atoms with Gasteiger partial charge in [-0.1, -0.05) is 73.7 Å². The summed E-state index contributed by atoms with van der Waals surface area (Å²) < 4.78 is 5.90. The second-order valence-corrected chi connectivity index (χ2v) is 7.94. The molecular weight excluding hydrogens is 384 g/mol. The number of hydrogen-bond donors (Lipinski definition) is 1. The van der Waals surface area contributed by atoms with Gasteiger partial charge in [-0.3, -0.25) is 9.69 Å². The van der Waals surface area contributed by atoms with Gasteiger partial charge in [-0.2, -0.15) is 0 Å². The van der Waals surface area contributed by atoms with Crippen LogP contribution in [-0.2, 0) is 24.2 Å². The van der Waals surface area contributed by atoms with Crippen LogP contribution < -0.4 is 10.1 Å². The van der Waals surface area contributed by atoms with Crippen molar-refractivity contribution in [2.24, 2.45) is 0 Å². The number of hydrogen-bond acceptors (Lipinski definition) is 3. The van der Waals surface area contributed by atoms with E-state index < -0.39 is 0 Å². The van der Waals surface area contributed by atoms with Crippen molar-refractivity contribution in [1.29, 1.82) is 0 Å². The van der Waals surface area contributed by atoms with Crippen LogP contribution in [0, 0.1) is 0 Å². The predicted octanol–water partition coefficient (Wildman–Crippen LogP) is 4.54. The maximum atomic E-state index is 13.3. The molecule has 160 valence electrons. The summed E-state index contributed by atoms with van der Waals surface area (Å²) in [6, 6.07) is 26.3. The number of carbonyl (C=O) groups excluding carboxylic acids is 1. The molecule has 1 aliphatic heterocycles. The van der Waals surface area contributed by atoms with Gasteiger partial charge in [0.15, 0.2) is 0 Å². The van der Waals surface area contributed by atoms with Gasteiger partial charge in [0.25, 0.3) is 0 Å². The molecule has 1 heterocycles. The molecule has 0 saturated heterocycles. The Morgan fingerprint density at radius 3 is 2.45 bits per heavy atom. The first-order chi connectivity index (χ1) is 15.2. The van der Waals surface area contributed by atoms with Crippen molar-refractivity contribution >= 4 is 5.91 Å². The molecule has 4 rings (SSSR count). The zero-order valence-electron chi connectivity index (χ0n) is 18.1. The summed E-state index contributed by atoms with van der Waals surface area (Å²) in [6.45, 7) is 4.78. The molecule has 4 heteroatoms. The lowest BCUT2D eigenvalue weighted by Gasteiger charge is -2.36. The molecule has 0 saturated carbocycles. The molecule has 1 aliphatic rings. The third-order valence-corrected chi connectivity index (χ3v) is 5.92. The van der Waals surface area contributed by atoms with Crippen molar-refractivity contribution in [3.8, 4) is 5.75 Å². The highest BCUT2D eigenvalue weighted by Crippen LogP contribution is 2.30. The Kier molecular flexibility index (Phi) is 7.00. The first-order valence-corrected chi connectivity index (χ1v) is 11.1. The van der Waals surface area contributed by atoms with Gasteiger partial charge in [0.2, 0.25) is 5.91 Å². The smallest absolute Gasteiger partial charge is 0.242 e. The highest BCUT2D eigenvalue weighted by Gasteiger charge is 2.32. The third-order valence-electron chi connectivity index (χ3n) is 5.92. The molecule has 0 radical (unpaired) electrons. The molecule has 0 aromatic heterocycles. The van der Waals surface area contributed by atoms with Crippen molar-refractivity contribution in [3.63, 3.8) is 0 Å². The van der Waals surface area contributed by atoms with Gasteiger partial charge in [-0.05, 0) is 47.2 Å². The van der Waals surface area contributed by atoms with Crippen LogP contribution in [0.1, 0.15) is 35.2 Å². The standard InChI is InChI=1S/C27H30N2O2/c1-2-21-12-14-22(15-13-21)20-28-27(30)26-25-11-7-6-8-23(25)16-17-29(26)18-19-31-24-9-4-3-5-10-24/h3-15,26H,2,16-20H2,1H3,(H,28,30). The topological polar surface area (TPSA) is 41.6 Å². The van der Waals surface area contributed by atoms with Crippen LogP contribution in [0.15, 0.2) is 78.9 Å². The number of fused-ring (bicyclic) bond motifs is 1. The minimum atomic E-state index is -0.292. The minimum absolute atomic E-state index is 0.0476. The molecule has 0 fully saturated rings. The summed E-state index contributed by atoms with van der Waals surface area (Å²) in [5.74, 6) is 0.905. The Bertz CT molecular complexity index is 986. The van der Waals surface area contributed by atoms with E-state index in [0.29, 0.717) is 19.7 Å². The fourth-order valence-corrected chi connectivity index (χ4v) is 4.14. The summed E-state index contributed by atoms with van der Waals surface area (Å²) in [5.41, 5.74) is 4.79. The first kappa shape index (κ1) is 21.1. The van der Waals surface area contributed by atoms with E-state index in [1.807, 2.05) is 36.4 Å². The van der Waals surface area contributed by atoms with Crippen molar-refractivity contribution in [2.45, 2.75) is 32.4 Å². The lowest BCUT2D eigenvalue weighted by molar-refractivity contribution is -0.127. The summed E-state index contributed by atoms with van der Waals surface area (Å²) >= 11 is 0. The number of aryl methyl sites for hydroxylation is 1. The molecule has 1 N–H and O–H groups in total. The number of nitrogens with one attached hydrogen (secondary N) is 1. The second kappa shape index (κ2) is 10.3. The van der Waals surface area contributed by atoms with Crippen LogP contribution >= 0.6 is 0 Å². The van der Waals surface area contributed by atoms with Crippen LogP contribution in [-0.4, -0.2) is 30.5 Å². The Morgan fingerprint density at radius 2 is 1.68 bits per heavy atom. The van der Waals surface area contributed by atoms with Crippen LogP contribution in [0.25, 0.3) is 0 Å². The zero-order chi connectivity index (χ0) is 21.5. The Morgan fingerprint density at radius 1 is 0.968 bits per heavy atom. The van der Waals surface area contributed by atoms with Gasteiger partial charge in [-0.15, -0.1) is 0 Å². The minimum Gasteiger partial charge on any atom is -0.492 e. The van der Waals surface area contributed by atoms with E-state index in [1.165, 1.54) is 11.1 Å². The maximum absolute atomic E-state index is 13.3. The second-order valence-electron chi connectivity index (χ2n) is 7.94. The summed E-state index contributed by atoms with van der Waals surface area (Å²) in [4.78, 5) is 15.5. The Labute approximate surface area is 184 Å². The number of para-hydroxylation sites is 1. The van der Waals surface area contributed by atoms with Gasteiger partial charge in [0.05, 0.1) is 0 Å². The number of amides is 1. The van der Waals surface area contributed by atoms with Crippen LogP contribution in [0.4, 0.5) is 0 Å². The maximum Gasteiger partial charge on any atom is 0.242 e. The fraction of sp³-hybridized carbons (Fsp3) is 0.296. The van der Waals surface area contributed by atoms with Gasteiger partial charge in [-0.25, -0.2) is 0 Å². The van der Waals surface area contributed by atoms with Crippen molar-refractivity contribution in [3.05, 3.63) is 101 Å². The molecule has 0 bridgehead atoms. The quantitative estimate of drug-likeness (QED) is 0.588. The van der Waals surface area contributed by atoms with Gasteiger partial charge < -0.3 is 10.1 Å². The van der Waals surface area contributed by atoms with E-state index in [0.717, 1.165) is 36.3 Å². The van der Waals surface area contributed by atoms with E-state index in [2.05, 4.69) is 59.6 Å². The SMILES string of the molecule is CCc1ccc(CNC(=O)C2c3ccccc3CCN2CCOc2ccccc2)cc1. The Balaban J connectivity index is 1.44. The fourth-order valence-electron chi connectivity index (χ4n) is 4.14. The largest absolute Gasteiger partial charge is 0.492 e. The summed E-state index contributed by atoms with van der Waals surface area (Å²) in [5, 5.41) is 3.16. The molecular formula is C27H30N2O2. The number of carbonyl (C=O) groups is 1. The zero-order valence-corrected chi connectivity index (χ0v) is 18.1. The monoisotopic (exact) mass is 414 g/mol. The van der Waals surface area contributed by atoms with E-state index in [4.69, 9.17) is 4.74 Å². The molecule has 1 unspecified atom stereocenters. The highest BCUT2D eigenvalue weighted by molar-refractivity contribution is 5.84. The van der Waals surface area contributed by atoms with E-state index in [1.54, 1.807) is 0 Å². The molecule has 31 heavy (non-hydrogen) atoms. The summed E-state index contributed by atoms with van der Waals surface area (Å²) in [7, 11) is 0. The molecule has 0 spiro atoms. The Hall–Kier alpha value is -3.11.